The molecule has 112 valence electrons. The van der Waals surface area contributed by atoms with Crippen molar-refractivity contribution in [1.29, 1.82) is 0 Å². The fourth-order valence-corrected chi connectivity index (χ4v) is 3.86. The number of anilines is 1. The molecule has 7 heteroatoms. The zero-order valence-electron chi connectivity index (χ0n) is 11.8. The van der Waals surface area contributed by atoms with Crippen molar-refractivity contribution in [3.8, 4) is 0 Å². The fourth-order valence-electron chi connectivity index (χ4n) is 1.78. The highest BCUT2D eigenvalue weighted by Gasteiger charge is 2.23. The summed E-state index contributed by atoms with van der Waals surface area (Å²) in [6, 6.07) is 1.66. The van der Waals surface area contributed by atoms with E-state index in [0.29, 0.717) is 20.5 Å². The lowest BCUT2D eigenvalue weighted by atomic mass is 10.1. The van der Waals surface area contributed by atoms with Gasteiger partial charge in [-0.2, -0.15) is 0 Å². The Kier molecular flexibility index (Phi) is 5.03. The number of hydrogen-bond donors (Lipinski definition) is 1. The van der Waals surface area contributed by atoms with Gasteiger partial charge in [0.25, 0.3) is 5.91 Å². The van der Waals surface area contributed by atoms with Crippen LogP contribution in [0.15, 0.2) is 11.4 Å². The highest BCUT2D eigenvalue weighted by molar-refractivity contribution is 7.17. The molecule has 0 aliphatic heterocycles. The molecule has 1 N–H and O–H groups in total. The Bertz CT molecular complexity index is 690. The van der Waals surface area contributed by atoms with E-state index < -0.39 is 5.97 Å². The smallest absolute Gasteiger partial charge is 0.341 e. The Morgan fingerprint density at radius 3 is 2.67 bits per heavy atom. The molecule has 0 unspecified atom stereocenters. The fraction of sp³-hybridized carbons (Fsp3) is 0.286. The number of carbonyl (C=O) groups excluding carboxylic acids is 2. The summed E-state index contributed by atoms with van der Waals surface area (Å²) < 4.78 is 5.05. The molecule has 0 aliphatic rings. The summed E-state index contributed by atoms with van der Waals surface area (Å²) in [5.41, 5.74) is 1.24. The first-order chi connectivity index (χ1) is 9.95. The minimum Gasteiger partial charge on any atom is -0.462 e. The molecular weight excluding hydrogens is 330 g/mol. The Hall–Kier alpha value is -1.37. The zero-order chi connectivity index (χ0) is 15.6. The van der Waals surface area contributed by atoms with Gasteiger partial charge in [-0.1, -0.05) is 11.6 Å². The van der Waals surface area contributed by atoms with Crippen LogP contribution in [0.4, 0.5) is 5.00 Å². The van der Waals surface area contributed by atoms with Gasteiger partial charge in [0, 0.05) is 4.88 Å². The number of aryl methyl sites for hydroxylation is 1. The molecule has 0 bridgehead atoms. The summed E-state index contributed by atoms with van der Waals surface area (Å²) in [7, 11) is 0. The average Bonchev–Trinajstić information content (AvgIpc) is 2.95. The third kappa shape index (κ3) is 3.28. The van der Waals surface area contributed by atoms with E-state index in [1.165, 1.54) is 22.7 Å². The first-order valence-corrected chi connectivity index (χ1v) is 8.34. The van der Waals surface area contributed by atoms with E-state index in [1.54, 1.807) is 18.4 Å². The zero-order valence-corrected chi connectivity index (χ0v) is 14.2. The summed E-state index contributed by atoms with van der Waals surface area (Å²) in [6.45, 7) is 5.77. The van der Waals surface area contributed by atoms with Gasteiger partial charge in [0.2, 0.25) is 0 Å². The molecule has 2 aromatic heterocycles. The maximum Gasteiger partial charge on any atom is 0.341 e. The Balaban J connectivity index is 2.32. The molecule has 0 saturated carbocycles. The van der Waals surface area contributed by atoms with Crippen LogP contribution in [0.1, 0.15) is 37.4 Å². The largest absolute Gasteiger partial charge is 0.462 e. The van der Waals surface area contributed by atoms with E-state index in [-0.39, 0.29) is 12.5 Å². The lowest BCUT2D eigenvalue weighted by Gasteiger charge is -2.06. The van der Waals surface area contributed by atoms with Gasteiger partial charge in [-0.15, -0.1) is 22.7 Å². The van der Waals surface area contributed by atoms with Crippen molar-refractivity contribution in [1.82, 2.24) is 0 Å². The minimum atomic E-state index is -0.424. The van der Waals surface area contributed by atoms with Crippen LogP contribution in [0.25, 0.3) is 0 Å². The summed E-state index contributed by atoms with van der Waals surface area (Å²) >= 11 is 8.56. The molecule has 2 rings (SSSR count). The van der Waals surface area contributed by atoms with Crippen LogP contribution >= 0.6 is 34.3 Å². The van der Waals surface area contributed by atoms with Crippen LogP contribution < -0.4 is 5.32 Å². The Morgan fingerprint density at radius 1 is 1.38 bits per heavy atom. The molecule has 0 spiro atoms. The first-order valence-electron chi connectivity index (χ1n) is 6.27. The predicted octanol–water partition coefficient (Wildman–Crippen LogP) is 4.51. The highest BCUT2D eigenvalue weighted by atomic mass is 35.5. The second-order valence-electron chi connectivity index (χ2n) is 4.26. The van der Waals surface area contributed by atoms with Gasteiger partial charge in [0.05, 0.1) is 17.2 Å². The Morgan fingerprint density at radius 2 is 2.10 bits per heavy atom. The molecule has 2 aromatic rings. The van der Waals surface area contributed by atoms with E-state index in [0.717, 1.165) is 10.4 Å². The molecule has 0 atom stereocenters. The average molecular weight is 344 g/mol. The van der Waals surface area contributed by atoms with Crippen molar-refractivity contribution in [2.45, 2.75) is 20.8 Å². The van der Waals surface area contributed by atoms with Gasteiger partial charge in [0.1, 0.15) is 9.88 Å². The SMILES string of the molecule is CCOC(=O)c1c(NC(=O)c2sccc2Cl)sc(C)c1C. The van der Waals surface area contributed by atoms with Crippen LogP contribution in [0.3, 0.4) is 0 Å². The quantitative estimate of drug-likeness (QED) is 0.831. The summed E-state index contributed by atoms with van der Waals surface area (Å²) in [5.74, 6) is -0.742. The van der Waals surface area contributed by atoms with Crippen molar-refractivity contribution >= 4 is 51.2 Å². The van der Waals surface area contributed by atoms with Gasteiger partial charge in [-0.25, -0.2) is 4.79 Å². The van der Waals surface area contributed by atoms with E-state index in [4.69, 9.17) is 16.3 Å². The first kappa shape index (κ1) is 16.0. The summed E-state index contributed by atoms with van der Waals surface area (Å²) in [6.07, 6.45) is 0. The van der Waals surface area contributed by atoms with Crippen molar-refractivity contribution in [3.05, 3.63) is 37.4 Å². The maximum absolute atomic E-state index is 12.2. The monoisotopic (exact) mass is 343 g/mol. The van der Waals surface area contributed by atoms with Crippen molar-refractivity contribution in [2.75, 3.05) is 11.9 Å². The maximum atomic E-state index is 12.2. The van der Waals surface area contributed by atoms with E-state index in [1.807, 2.05) is 13.8 Å². The van der Waals surface area contributed by atoms with E-state index >= 15 is 0 Å². The molecule has 2 heterocycles. The van der Waals surface area contributed by atoms with Crippen molar-refractivity contribution in [2.24, 2.45) is 0 Å². The standard InChI is InChI=1S/C14H14ClNO3S2/c1-4-19-14(18)10-7(2)8(3)21-13(10)16-12(17)11-9(15)5-6-20-11/h5-6H,4H2,1-3H3,(H,16,17). The van der Waals surface area contributed by atoms with Crippen LogP contribution in [0.2, 0.25) is 5.02 Å². The second kappa shape index (κ2) is 6.60. The van der Waals surface area contributed by atoms with Crippen LogP contribution in [0.5, 0.6) is 0 Å². The number of amides is 1. The number of halogens is 1. The summed E-state index contributed by atoms with van der Waals surface area (Å²) in [5, 5.41) is 5.40. The van der Waals surface area contributed by atoms with E-state index in [2.05, 4.69) is 5.32 Å². The number of esters is 1. The van der Waals surface area contributed by atoms with Crippen LogP contribution in [-0.4, -0.2) is 18.5 Å². The van der Waals surface area contributed by atoms with Crippen LogP contribution in [0, 0.1) is 13.8 Å². The lowest BCUT2D eigenvalue weighted by Crippen LogP contribution is -2.14. The van der Waals surface area contributed by atoms with Crippen molar-refractivity contribution < 1.29 is 14.3 Å². The predicted molar refractivity (Wildman–Crippen MR) is 87.0 cm³/mol. The molecule has 0 radical (unpaired) electrons. The van der Waals surface area contributed by atoms with Crippen molar-refractivity contribution in [3.63, 3.8) is 0 Å². The molecular formula is C14H14ClNO3S2. The Labute approximate surface area is 135 Å². The molecule has 0 fully saturated rings. The number of thiophene rings is 2. The number of nitrogens with one attached hydrogen (secondary N) is 1. The third-order valence-corrected chi connectivity index (χ3v) is 5.38. The van der Waals surface area contributed by atoms with Crippen LogP contribution in [-0.2, 0) is 4.74 Å². The summed E-state index contributed by atoms with van der Waals surface area (Å²) in [4.78, 5) is 25.7. The molecule has 21 heavy (non-hydrogen) atoms. The molecule has 0 aliphatic carbocycles. The van der Waals surface area contributed by atoms with Gasteiger partial charge in [-0.05, 0) is 37.8 Å². The second-order valence-corrected chi connectivity index (χ2v) is 6.81. The molecule has 4 nitrogen and oxygen atoms in total. The van der Waals surface area contributed by atoms with Gasteiger partial charge < -0.3 is 10.1 Å². The van der Waals surface area contributed by atoms with Gasteiger partial charge in [-0.3, -0.25) is 4.79 Å². The van der Waals surface area contributed by atoms with Gasteiger partial charge >= 0.3 is 5.97 Å². The van der Waals surface area contributed by atoms with Gasteiger partial charge in [0.15, 0.2) is 0 Å². The molecule has 0 aromatic carbocycles. The third-order valence-electron chi connectivity index (χ3n) is 2.92. The number of carbonyl (C=O) groups is 2. The lowest BCUT2D eigenvalue weighted by molar-refractivity contribution is 0.0527. The number of ether oxygens (including phenoxy) is 1. The molecule has 0 saturated heterocycles. The topological polar surface area (TPSA) is 55.4 Å². The van der Waals surface area contributed by atoms with E-state index in [9.17, 15) is 9.59 Å². The highest BCUT2D eigenvalue weighted by Crippen LogP contribution is 2.34. The molecule has 1 amide bonds. The number of rotatable bonds is 4. The normalized spacial score (nSPS) is 10.5. The minimum absolute atomic E-state index is 0.289. The number of hydrogen-bond acceptors (Lipinski definition) is 5.